The number of halogens is 8. The zero-order chi connectivity index (χ0) is 64.6. The van der Waals surface area contributed by atoms with Crippen LogP contribution in [0.5, 0.6) is 0 Å². The molecule has 95 heavy (non-hydrogen) atoms. The molecule has 6 heterocycles. The minimum atomic E-state index is -5.49. The van der Waals surface area contributed by atoms with Crippen LogP contribution in [0, 0.1) is 29.1 Å². The van der Waals surface area contributed by atoms with Gasteiger partial charge in [-0.1, -0.05) is 170 Å². The lowest BCUT2D eigenvalue weighted by molar-refractivity contribution is -0.137. The standard InChI is InChI=1S/C81H46F8N6/c82-75-73(76(83)78(85)79(86)77(75)84)63-29-30-68(94-69-43-51(55-31-35-90-64(39-55)47-13-5-1-6-14-47)21-25-59(69)60-26-22-52(44-70(60)94)56-32-36-91-65(40-56)48-15-7-2-8-16-48)74(81(87,88)89)80(63)95-71-45-53(57-33-37-92-66(41-57)49-17-9-3-10-18-49)23-27-61(71)62-28-24-54(46-72(62)95)58-34-38-93-67(42-58)50-19-11-4-12-20-50/h1-46H. The highest BCUT2D eigenvalue weighted by Gasteiger charge is 2.42. The molecule has 0 unspecified atom stereocenters. The SMILES string of the molecule is Fc1c(F)c(F)c(-c2ccc(-n3c4cc(-c5ccnc(-c6ccccc6)c5)ccc4c4ccc(-c5ccnc(-c6ccccc6)c5)cc43)c(C(F)(F)F)c2-n2c3cc(-c4ccnc(-c5ccccc5)c4)ccc3c3ccc(-c4ccnc(-c5ccccc5)c4)cc32)c(F)c1F. The number of alkyl halides is 3. The highest BCUT2D eigenvalue weighted by molar-refractivity contribution is 6.14. The number of nitrogens with zero attached hydrogens (tertiary/aromatic N) is 6. The van der Waals surface area contributed by atoms with Crippen LogP contribution in [0.25, 0.3) is 156 Å². The van der Waals surface area contributed by atoms with Gasteiger partial charge in [0.1, 0.15) is 5.56 Å². The van der Waals surface area contributed by atoms with Gasteiger partial charge in [-0.3, -0.25) is 19.9 Å². The Hall–Kier alpha value is -12.2. The molecule has 0 spiro atoms. The number of hydrogen-bond donors (Lipinski definition) is 0. The summed E-state index contributed by atoms with van der Waals surface area (Å²) in [5.41, 5.74) is 5.94. The van der Waals surface area contributed by atoms with E-state index in [1.165, 1.54) is 9.13 Å². The predicted molar refractivity (Wildman–Crippen MR) is 360 cm³/mol. The van der Waals surface area contributed by atoms with Crippen molar-refractivity contribution in [3.8, 4) is 112 Å². The van der Waals surface area contributed by atoms with Gasteiger partial charge < -0.3 is 9.13 Å². The summed E-state index contributed by atoms with van der Waals surface area (Å²) >= 11 is 0. The lowest BCUT2D eigenvalue weighted by Crippen LogP contribution is -2.17. The van der Waals surface area contributed by atoms with Gasteiger partial charge in [0.15, 0.2) is 23.3 Å². The molecule has 6 aromatic heterocycles. The smallest absolute Gasteiger partial charge is 0.309 e. The summed E-state index contributed by atoms with van der Waals surface area (Å²) < 4.78 is 138. The minimum absolute atomic E-state index is 0.103. The quantitative estimate of drug-likeness (QED) is 0.0735. The first-order chi connectivity index (χ1) is 46.3. The van der Waals surface area contributed by atoms with Gasteiger partial charge in [0.2, 0.25) is 5.82 Å². The molecule has 16 rings (SSSR count). The van der Waals surface area contributed by atoms with Gasteiger partial charge >= 0.3 is 6.18 Å². The van der Waals surface area contributed by atoms with E-state index in [0.29, 0.717) is 99.9 Å². The Bertz CT molecular complexity index is 5410. The molecule has 0 saturated carbocycles. The van der Waals surface area contributed by atoms with Crippen molar-refractivity contribution in [1.29, 1.82) is 0 Å². The van der Waals surface area contributed by atoms with E-state index < -0.39 is 63.3 Å². The van der Waals surface area contributed by atoms with Crippen LogP contribution in [0.1, 0.15) is 5.56 Å². The van der Waals surface area contributed by atoms with E-state index in [1.807, 2.05) is 182 Å². The first-order valence-electron chi connectivity index (χ1n) is 30.3. The van der Waals surface area contributed by atoms with Crippen molar-refractivity contribution in [3.05, 3.63) is 314 Å². The Balaban J connectivity index is 1.04. The highest BCUT2D eigenvalue weighted by Crippen LogP contribution is 2.51. The van der Waals surface area contributed by atoms with Crippen molar-refractivity contribution >= 4 is 43.6 Å². The molecule has 0 saturated heterocycles. The number of hydrogen-bond acceptors (Lipinski definition) is 4. The van der Waals surface area contributed by atoms with Crippen LogP contribution in [0.4, 0.5) is 35.1 Å². The fourth-order valence-corrected chi connectivity index (χ4v) is 13.1. The highest BCUT2D eigenvalue weighted by atomic mass is 19.4. The Morgan fingerprint density at radius 2 is 0.547 bits per heavy atom. The Labute approximate surface area is 537 Å². The van der Waals surface area contributed by atoms with Crippen LogP contribution in [0.2, 0.25) is 0 Å². The van der Waals surface area contributed by atoms with Crippen molar-refractivity contribution in [2.24, 2.45) is 0 Å². The van der Waals surface area contributed by atoms with Gasteiger partial charge in [-0.15, -0.1) is 0 Å². The average Bonchev–Trinajstić information content (AvgIpc) is 1.61. The van der Waals surface area contributed by atoms with Crippen LogP contribution in [-0.4, -0.2) is 29.1 Å². The van der Waals surface area contributed by atoms with Gasteiger partial charge in [0.25, 0.3) is 0 Å². The zero-order valence-electron chi connectivity index (χ0n) is 49.8. The van der Waals surface area contributed by atoms with Crippen molar-refractivity contribution in [2.75, 3.05) is 0 Å². The summed E-state index contributed by atoms with van der Waals surface area (Å²) in [6.45, 7) is 0. The summed E-state index contributed by atoms with van der Waals surface area (Å²) in [4.78, 5) is 18.6. The van der Waals surface area contributed by atoms with Crippen molar-refractivity contribution in [2.45, 2.75) is 6.18 Å². The molecule has 14 heteroatoms. The molecule has 16 aromatic rings. The third-order valence-corrected chi connectivity index (χ3v) is 17.6. The van der Waals surface area contributed by atoms with Gasteiger partial charge in [0.05, 0.1) is 61.8 Å². The molecule has 0 atom stereocenters. The van der Waals surface area contributed by atoms with E-state index in [2.05, 4.69) is 19.9 Å². The molecule has 0 fully saturated rings. The van der Waals surface area contributed by atoms with Crippen molar-refractivity contribution in [1.82, 2.24) is 29.1 Å². The maximum absolute atomic E-state index is 18.0. The second-order valence-corrected chi connectivity index (χ2v) is 23.1. The third kappa shape index (κ3) is 10.1. The summed E-state index contributed by atoms with van der Waals surface area (Å²) in [5, 5.41) is 1.88. The molecule has 10 aromatic carbocycles. The molecule has 0 bridgehead atoms. The van der Waals surface area contributed by atoms with E-state index in [0.717, 1.165) is 34.4 Å². The number of benzene rings is 10. The Morgan fingerprint density at radius 3 is 0.853 bits per heavy atom. The number of rotatable bonds is 11. The molecule has 0 amide bonds. The van der Waals surface area contributed by atoms with Gasteiger partial charge in [-0.25, -0.2) is 22.0 Å². The fourth-order valence-electron chi connectivity index (χ4n) is 13.1. The normalized spacial score (nSPS) is 11.8. The number of fused-ring (bicyclic) bond motifs is 6. The number of pyridine rings is 4. The molecule has 0 aliphatic rings. The third-order valence-electron chi connectivity index (χ3n) is 17.6. The zero-order valence-corrected chi connectivity index (χ0v) is 49.8. The van der Waals surface area contributed by atoms with E-state index in [4.69, 9.17) is 0 Å². The Morgan fingerprint density at radius 1 is 0.263 bits per heavy atom. The van der Waals surface area contributed by atoms with Crippen LogP contribution in [0.15, 0.2) is 280 Å². The molecule has 6 nitrogen and oxygen atoms in total. The molecule has 0 aliphatic carbocycles. The van der Waals surface area contributed by atoms with Crippen LogP contribution in [0.3, 0.4) is 0 Å². The summed E-state index contributed by atoms with van der Waals surface area (Å²) in [5.74, 6) is -11.8. The topological polar surface area (TPSA) is 61.4 Å². The van der Waals surface area contributed by atoms with Gasteiger partial charge in [-0.05, 0) is 129 Å². The van der Waals surface area contributed by atoms with Crippen molar-refractivity contribution < 1.29 is 35.1 Å². The second-order valence-electron chi connectivity index (χ2n) is 23.1. The van der Waals surface area contributed by atoms with Crippen LogP contribution >= 0.6 is 0 Å². The maximum Gasteiger partial charge on any atom is 0.420 e. The van der Waals surface area contributed by atoms with Crippen LogP contribution in [-0.2, 0) is 6.18 Å². The molecular formula is C81H46F8N6. The lowest BCUT2D eigenvalue weighted by Gasteiger charge is -2.25. The summed E-state index contributed by atoms with van der Waals surface area (Å²) in [6.07, 6.45) is 1.06. The first kappa shape index (κ1) is 58.0. The molecule has 456 valence electrons. The molecule has 0 N–H and O–H groups in total. The number of aromatic nitrogens is 6. The van der Waals surface area contributed by atoms with Crippen LogP contribution < -0.4 is 0 Å². The summed E-state index contributed by atoms with van der Waals surface area (Å²) in [6, 6.07) is 75.9. The molecular weight excluding hydrogens is 1210 g/mol. The fraction of sp³-hybridized carbons (Fsp3) is 0.0123. The van der Waals surface area contributed by atoms with E-state index in [-0.39, 0.29) is 11.0 Å². The van der Waals surface area contributed by atoms with Crippen molar-refractivity contribution in [3.63, 3.8) is 0 Å². The monoisotopic (exact) mass is 1250 g/mol. The maximum atomic E-state index is 18.0. The summed E-state index contributed by atoms with van der Waals surface area (Å²) in [7, 11) is 0. The van der Waals surface area contributed by atoms with Gasteiger partial charge in [0, 0.05) is 74.1 Å². The van der Waals surface area contributed by atoms with E-state index >= 15 is 35.1 Å². The first-order valence-corrected chi connectivity index (χ1v) is 30.3. The molecule has 0 aliphatic heterocycles. The van der Waals surface area contributed by atoms with Gasteiger partial charge in [-0.2, -0.15) is 13.2 Å². The lowest BCUT2D eigenvalue weighted by atomic mass is 9.95. The minimum Gasteiger partial charge on any atom is -0.309 e. The van der Waals surface area contributed by atoms with E-state index in [9.17, 15) is 0 Å². The molecule has 0 radical (unpaired) electrons. The second kappa shape index (κ2) is 23.2. The van der Waals surface area contributed by atoms with E-state index in [1.54, 1.807) is 85.5 Å². The average molecular weight is 1260 g/mol. The largest absolute Gasteiger partial charge is 0.420 e. The predicted octanol–water partition coefficient (Wildman–Crippen LogP) is 22.2. The Kier molecular flexibility index (Phi) is 14.2.